The highest BCUT2D eigenvalue weighted by Gasteiger charge is 2.37. The van der Waals surface area contributed by atoms with Crippen LogP contribution in [0.2, 0.25) is 5.02 Å². The monoisotopic (exact) mass is 604 g/mol. The molecule has 11 nitrogen and oxygen atoms in total. The van der Waals surface area contributed by atoms with E-state index in [0.717, 1.165) is 11.3 Å². The van der Waals surface area contributed by atoms with E-state index in [0.29, 0.717) is 59.5 Å². The van der Waals surface area contributed by atoms with E-state index in [-0.39, 0.29) is 23.2 Å². The molecule has 5 rings (SSSR count). The van der Waals surface area contributed by atoms with Gasteiger partial charge in [0.1, 0.15) is 23.2 Å². The molecule has 3 aromatic rings. The third-order valence-corrected chi connectivity index (χ3v) is 7.95. The van der Waals surface area contributed by atoms with Crippen LogP contribution in [0.4, 0.5) is 22.7 Å². The van der Waals surface area contributed by atoms with Gasteiger partial charge in [0.15, 0.2) is 0 Å². The molecule has 12 heteroatoms. The number of para-hydroxylation sites is 1. The molecule has 0 aliphatic carbocycles. The van der Waals surface area contributed by atoms with E-state index in [1.807, 2.05) is 60.3 Å². The van der Waals surface area contributed by atoms with Crippen LogP contribution < -0.4 is 25.3 Å². The molecule has 2 N–H and O–H groups in total. The molecule has 43 heavy (non-hydrogen) atoms. The number of nitroso groups, excluding NO2 is 1. The number of anilines is 3. The Morgan fingerprint density at radius 2 is 1.77 bits per heavy atom. The first-order chi connectivity index (χ1) is 20.7. The van der Waals surface area contributed by atoms with Crippen LogP contribution in [0.15, 0.2) is 77.2 Å². The number of benzene rings is 3. The fraction of sp³-hybridized carbons (Fsp3) is 0.290. The number of nitrogens with zero attached hydrogens (tertiary/aromatic N) is 4. The first kappa shape index (κ1) is 29.9. The smallest absolute Gasteiger partial charge is 0.255 e. The molecular formula is C31H33ClN6O5. The lowest BCUT2D eigenvalue weighted by atomic mass is 9.97. The number of carbonyl (C=O) groups excluding carboxylic acids is 2. The van der Waals surface area contributed by atoms with Crippen molar-refractivity contribution in [1.82, 2.24) is 10.4 Å². The second-order valence-corrected chi connectivity index (χ2v) is 10.9. The first-order valence-electron chi connectivity index (χ1n) is 13.8. The van der Waals surface area contributed by atoms with Gasteiger partial charge >= 0.3 is 0 Å². The number of piperazine rings is 1. The summed E-state index contributed by atoms with van der Waals surface area (Å²) in [6.07, 6.45) is 0. The van der Waals surface area contributed by atoms with Gasteiger partial charge in [-0.25, -0.2) is 0 Å². The van der Waals surface area contributed by atoms with Gasteiger partial charge in [-0.05, 0) is 54.6 Å². The number of nitrogens with one attached hydrogen (secondary N) is 2. The van der Waals surface area contributed by atoms with Crippen LogP contribution in [-0.4, -0.2) is 64.1 Å². The summed E-state index contributed by atoms with van der Waals surface area (Å²) in [5.41, 5.74) is 6.60. The van der Waals surface area contributed by atoms with Crippen molar-refractivity contribution in [3.05, 3.63) is 93.1 Å². The molecule has 0 aromatic heterocycles. The van der Waals surface area contributed by atoms with Crippen molar-refractivity contribution < 1.29 is 19.2 Å². The standard InChI is InChI=1S/C31H33ClN6O5/c1-19-28(29(35-43-19)22-7-5-6-8-27(22)42-4)31(40)38-15-13-37(14-16-38)26-18-24(25(34-41)17-23(26)32)33-30(39)20-9-11-21(12-10-20)36(2)3/h5-12,17-18,29,35H,13-16H2,1-4H3,(H,33,39). The number of hydroxylamine groups is 1. The topological polar surface area (TPSA) is 116 Å². The number of rotatable bonds is 8. The number of allylic oxidation sites excluding steroid dienone is 1. The van der Waals surface area contributed by atoms with Crippen LogP contribution in [0.1, 0.15) is 28.9 Å². The fourth-order valence-corrected chi connectivity index (χ4v) is 5.54. The molecule has 224 valence electrons. The Morgan fingerprint density at radius 3 is 2.42 bits per heavy atom. The summed E-state index contributed by atoms with van der Waals surface area (Å²) in [5.74, 6) is 0.669. The van der Waals surface area contributed by atoms with Crippen molar-refractivity contribution in [2.75, 3.05) is 62.5 Å². The summed E-state index contributed by atoms with van der Waals surface area (Å²) in [6, 6.07) is 17.2. The Labute approximate surface area is 254 Å². The maximum atomic E-state index is 13.7. The van der Waals surface area contributed by atoms with Crippen molar-refractivity contribution in [2.45, 2.75) is 13.0 Å². The first-order valence-corrected chi connectivity index (χ1v) is 14.2. The van der Waals surface area contributed by atoms with E-state index in [4.69, 9.17) is 21.2 Å². The molecule has 1 atom stereocenters. The van der Waals surface area contributed by atoms with Crippen LogP contribution in [0.5, 0.6) is 5.75 Å². The molecule has 2 heterocycles. The Balaban J connectivity index is 1.30. The predicted molar refractivity (Wildman–Crippen MR) is 167 cm³/mol. The van der Waals surface area contributed by atoms with Gasteiger partial charge in [-0.3, -0.25) is 9.59 Å². The molecule has 2 aliphatic rings. The van der Waals surface area contributed by atoms with Crippen LogP contribution in [0.25, 0.3) is 0 Å². The van der Waals surface area contributed by atoms with Gasteiger partial charge in [0.2, 0.25) is 0 Å². The lowest BCUT2D eigenvalue weighted by Crippen LogP contribution is -2.49. The molecule has 0 spiro atoms. The lowest BCUT2D eigenvalue weighted by molar-refractivity contribution is -0.127. The maximum Gasteiger partial charge on any atom is 0.255 e. The van der Waals surface area contributed by atoms with Gasteiger partial charge < -0.3 is 29.6 Å². The zero-order valence-corrected chi connectivity index (χ0v) is 25.1. The third kappa shape index (κ3) is 6.13. The summed E-state index contributed by atoms with van der Waals surface area (Å²) in [4.78, 5) is 49.6. The third-order valence-electron chi connectivity index (χ3n) is 7.64. The highest BCUT2D eigenvalue weighted by molar-refractivity contribution is 6.34. The minimum Gasteiger partial charge on any atom is -0.496 e. The highest BCUT2D eigenvalue weighted by atomic mass is 35.5. The van der Waals surface area contributed by atoms with E-state index in [2.05, 4.69) is 16.0 Å². The van der Waals surface area contributed by atoms with Crippen molar-refractivity contribution in [2.24, 2.45) is 5.18 Å². The van der Waals surface area contributed by atoms with Crippen LogP contribution >= 0.6 is 11.6 Å². The predicted octanol–water partition coefficient (Wildman–Crippen LogP) is 5.26. The van der Waals surface area contributed by atoms with Crippen LogP contribution in [0, 0.1) is 4.91 Å². The second kappa shape index (κ2) is 12.7. The molecule has 1 unspecified atom stereocenters. The number of halogens is 1. The second-order valence-electron chi connectivity index (χ2n) is 10.5. The average Bonchev–Trinajstić information content (AvgIpc) is 3.42. The number of carbonyl (C=O) groups is 2. The van der Waals surface area contributed by atoms with Crippen molar-refractivity contribution in [3.8, 4) is 5.75 Å². The van der Waals surface area contributed by atoms with Crippen LogP contribution in [0.3, 0.4) is 0 Å². The molecule has 0 bridgehead atoms. The molecule has 0 radical (unpaired) electrons. The zero-order valence-electron chi connectivity index (χ0n) is 24.4. The molecule has 0 saturated carbocycles. The SMILES string of the molecule is COc1ccccc1C1NOC(C)=C1C(=O)N1CCN(c2cc(NC(=O)c3ccc(N(C)C)cc3)c(N=O)cc2Cl)CC1. The van der Waals surface area contributed by atoms with E-state index >= 15 is 0 Å². The highest BCUT2D eigenvalue weighted by Crippen LogP contribution is 2.39. The zero-order chi connectivity index (χ0) is 30.7. The van der Waals surface area contributed by atoms with E-state index in [1.165, 1.54) is 6.07 Å². The van der Waals surface area contributed by atoms with Gasteiger partial charge in [-0.15, -0.1) is 10.4 Å². The Hall–Kier alpha value is -4.61. The summed E-state index contributed by atoms with van der Waals surface area (Å²) in [6.45, 7) is 3.59. The van der Waals surface area contributed by atoms with E-state index < -0.39 is 6.04 Å². The Bertz CT molecular complexity index is 1570. The number of methoxy groups -OCH3 is 1. The molecule has 2 amide bonds. The normalized spacial score (nSPS) is 16.5. The fourth-order valence-electron chi connectivity index (χ4n) is 5.26. The van der Waals surface area contributed by atoms with E-state index in [9.17, 15) is 14.5 Å². The number of hydrogen-bond acceptors (Lipinski definition) is 9. The van der Waals surface area contributed by atoms with Crippen molar-refractivity contribution in [1.29, 1.82) is 0 Å². The number of hydrogen-bond donors (Lipinski definition) is 2. The largest absolute Gasteiger partial charge is 0.496 e. The quantitative estimate of drug-likeness (QED) is 0.335. The van der Waals surface area contributed by atoms with Crippen molar-refractivity contribution >= 4 is 46.2 Å². The minimum absolute atomic E-state index is 0.0272. The molecule has 1 saturated heterocycles. The average molecular weight is 605 g/mol. The number of ether oxygens (including phenoxy) is 1. The van der Waals surface area contributed by atoms with Crippen molar-refractivity contribution in [3.63, 3.8) is 0 Å². The Morgan fingerprint density at radius 1 is 1.07 bits per heavy atom. The minimum atomic E-state index is -0.468. The van der Waals surface area contributed by atoms with Crippen LogP contribution in [-0.2, 0) is 9.63 Å². The van der Waals surface area contributed by atoms with Gasteiger partial charge in [0.25, 0.3) is 11.8 Å². The van der Waals surface area contributed by atoms with Gasteiger partial charge in [0.05, 0.1) is 29.1 Å². The summed E-state index contributed by atoms with van der Waals surface area (Å²) in [5, 5.41) is 6.20. The lowest BCUT2D eigenvalue weighted by Gasteiger charge is -2.37. The molecule has 2 aliphatic heterocycles. The van der Waals surface area contributed by atoms with Gasteiger partial charge in [-0.2, -0.15) is 0 Å². The molecule has 1 fully saturated rings. The summed E-state index contributed by atoms with van der Waals surface area (Å²) >= 11 is 6.57. The number of amides is 2. The summed E-state index contributed by atoms with van der Waals surface area (Å²) < 4.78 is 5.51. The van der Waals surface area contributed by atoms with Gasteiger partial charge in [0, 0.05) is 57.1 Å². The van der Waals surface area contributed by atoms with Gasteiger partial charge in [-0.1, -0.05) is 29.8 Å². The Kier molecular flexibility index (Phi) is 8.84. The maximum absolute atomic E-state index is 13.7. The van der Waals surface area contributed by atoms with E-state index in [1.54, 1.807) is 37.1 Å². The molecule has 3 aromatic carbocycles. The molecular weight excluding hydrogens is 572 g/mol. The summed E-state index contributed by atoms with van der Waals surface area (Å²) in [7, 11) is 5.42.